The van der Waals surface area contributed by atoms with E-state index in [0.717, 1.165) is 5.56 Å². The first-order chi connectivity index (χ1) is 22.3. The number of benzene rings is 4. The molecule has 0 aliphatic carbocycles. The van der Waals surface area contributed by atoms with E-state index in [0.29, 0.717) is 46.1 Å². The molecule has 1 heterocycles. The third-order valence-electron chi connectivity index (χ3n) is 7.32. The van der Waals surface area contributed by atoms with E-state index in [1.807, 2.05) is 36.4 Å². The predicted octanol–water partition coefficient (Wildman–Crippen LogP) is 4.61. The third kappa shape index (κ3) is 7.94. The maximum absolute atomic E-state index is 13.6. The van der Waals surface area contributed by atoms with E-state index in [1.54, 1.807) is 94.2 Å². The van der Waals surface area contributed by atoms with Crippen molar-refractivity contribution in [2.24, 2.45) is 0 Å². The van der Waals surface area contributed by atoms with Crippen molar-refractivity contribution >= 4 is 29.1 Å². The number of carbonyl (C=O) groups excluding carboxylic acids is 3. The molecule has 11 nitrogen and oxygen atoms in total. The van der Waals surface area contributed by atoms with Crippen molar-refractivity contribution in [3.05, 3.63) is 120 Å². The van der Waals surface area contributed by atoms with E-state index in [2.05, 4.69) is 20.9 Å². The van der Waals surface area contributed by atoms with Crippen LogP contribution in [0.4, 0.5) is 11.4 Å². The monoisotopic (exact) mass is 618 g/mol. The minimum absolute atomic E-state index is 0.147. The molecule has 0 fully saturated rings. The van der Waals surface area contributed by atoms with E-state index in [-0.39, 0.29) is 18.4 Å². The fourth-order valence-electron chi connectivity index (χ4n) is 4.81. The molecule has 234 valence electrons. The number of aromatic nitrogens is 3. The maximum atomic E-state index is 13.6. The van der Waals surface area contributed by atoms with Crippen LogP contribution in [0.3, 0.4) is 0 Å². The Kier molecular flexibility index (Phi) is 10.0. The maximum Gasteiger partial charge on any atom is 0.255 e. The first-order valence-electron chi connectivity index (χ1n) is 14.5. The van der Waals surface area contributed by atoms with Gasteiger partial charge in [0.25, 0.3) is 5.91 Å². The van der Waals surface area contributed by atoms with Crippen LogP contribution in [0.2, 0.25) is 0 Å². The normalized spacial score (nSPS) is 11.3. The molecular weight excluding hydrogens is 584 g/mol. The SMILES string of the molecule is COc1ccc(C(=O)Nc2cccc(-c3cn(CC(=O)N[C@@H](Cc4ccccc4)C(=O)N(C)c4ccc(OC)cc4)nn3)c2)cc1. The van der Waals surface area contributed by atoms with Crippen LogP contribution in [-0.4, -0.2) is 60.0 Å². The summed E-state index contributed by atoms with van der Waals surface area (Å²) in [4.78, 5) is 41.1. The van der Waals surface area contributed by atoms with E-state index >= 15 is 0 Å². The number of anilines is 2. The van der Waals surface area contributed by atoms with Crippen molar-refractivity contribution in [3.63, 3.8) is 0 Å². The van der Waals surface area contributed by atoms with Crippen LogP contribution in [-0.2, 0) is 22.6 Å². The molecule has 3 amide bonds. The molecule has 5 rings (SSSR count). The number of methoxy groups -OCH3 is 2. The van der Waals surface area contributed by atoms with Gasteiger partial charge >= 0.3 is 0 Å². The van der Waals surface area contributed by atoms with Crippen LogP contribution in [0.1, 0.15) is 15.9 Å². The lowest BCUT2D eigenvalue weighted by Crippen LogP contribution is -2.49. The highest BCUT2D eigenvalue weighted by molar-refractivity contribution is 6.04. The molecule has 11 heteroatoms. The fourth-order valence-corrected chi connectivity index (χ4v) is 4.81. The minimum atomic E-state index is -0.823. The molecule has 1 atom stereocenters. The van der Waals surface area contributed by atoms with Crippen LogP contribution >= 0.6 is 0 Å². The Morgan fingerprint density at radius 3 is 2.20 bits per heavy atom. The molecule has 0 aliphatic rings. The summed E-state index contributed by atoms with van der Waals surface area (Å²) in [5.41, 5.74) is 3.87. The molecule has 0 bridgehead atoms. The van der Waals surface area contributed by atoms with Crippen LogP contribution in [0.25, 0.3) is 11.3 Å². The Morgan fingerprint density at radius 1 is 0.848 bits per heavy atom. The second-order valence-corrected chi connectivity index (χ2v) is 10.5. The number of hydrogen-bond donors (Lipinski definition) is 2. The summed E-state index contributed by atoms with van der Waals surface area (Å²) < 4.78 is 11.8. The molecule has 5 aromatic rings. The zero-order valence-electron chi connectivity index (χ0n) is 25.7. The summed E-state index contributed by atoms with van der Waals surface area (Å²) in [5, 5.41) is 14.1. The highest BCUT2D eigenvalue weighted by Gasteiger charge is 2.26. The molecule has 0 radical (unpaired) electrons. The smallest absolute Gasteiger partial charge is 0.255 e. The number of ether oxygens (including phenoxy) is 2. The van der Waals surface area contributed by atoms with Crippen molar-refractivity contribution in [2.75, 3.05) is 31.5 Å². The zero-order chi connectivity index (χ0) is 32.5. The van der Waals surface area contributed by atoms with E-state index in [4.69, 9.17) is 9.47 Å². The number of hydrogen-bond acceptors (Lipinski definition) is 7. The summed E-state index contributed by atoms with van der Waals surface area (Å²) in [7, 11) is 4.82. The minimum Gasteiger partial charge on any atom is -0.497 e. The van der Waals surface area contributed by atoms with Gasteiger partial charge in [-0.3, -0.25) is 14.4 Å². The Morgan fingerprint density at radius 2 is 1.52 bits per heavy atom. The van der Waals surface area contributed by atoms with Gasteiger partial charge in [-0.2, -0.15) is 0 Å². The second kappa shape index (κ2) is 14.7. The van der Waals surface area contributed by atoms with Crippen LogP contribution in [0.5, 0.6) is 11.5 Å². The number of nitrogens with zero attached hydrogens (tertiary/aromatic N) is 4. The van der Waals surface area contributed by atoms with Crippen LogP contribution in [0.15, 0.2) is 109 Å². The van der Waals surface area contributed by atoms with Gasteiger partial charge in [0.05, 0.1) is 20.4 Å². The highest BCUT2D eigenvalue weighted by Crippen LogP contribution is 2.22. The molecular formula is C35H34N6O5. The van der Waals surface area contributed by atoms with Gasteiger partial charge in [-0.1, -0.05) is 47.7 Å². The van der Waals surface area contributed by atoms with Gasteiger partial charge < -0.3 is 25.0 Å². The van der Waals surface area contributed by atoms with Crippen molar-refractivity contribution in [3.8, 4) is 22.8 Å². The molecule has 2 N–H and O–H groups in total. The zero-order valence-corrected chi connectivity index (χ0v) is 25.7. The van der Waals surface area contributed by atoms with E-state index < -0.39 is 11.9 Å². The topological polar surface area (TPSA) is 128 Å². The number of amides is 3. The van der Waals surface area contributed by atoms with Gasteiger partial charge in [-0.05, 0) is 66.2 Å². The van der Waals surface area contributed by atoms with Crippen molar-refractivity contribution in [2.45, 2.75) is 19.0 Å². The molecule has 0 saturated carbocycles. The number of rotatable bonds is 12. The molecule has 4 aromatic carbocycles. The van der Waals surface area contributed by atoms with Gasteiger partial charge in [0.2, 0.25) is 11.8 Å². The van der Waals surface area contributed by atoms with Gasteiger partial charge in [0.15, 0.2) is 0 Å². The first kappa shape index (κ1) is 31.5. The van der Waals surface area contributed by atoms with E-state index in [1.165, 1.54) is 9.58 Å². The van der Waals surface area contributed by atoms with Crippen molar-refractivity contribution in [1.29, 1.82) is 0 Å². The lowest BCUT2D eigenvalue weighted by molar-refractivity contribution is -0.127. The molecule has 0 spiro atoms. The van der Waals surface area contributed by atoms with Gasteiger partial charge in [0, 0.05) is 36.0 Å². The second-order valence-electron chi connectivity index (χ2n) is 10.5. The van der Waals surface area contributed by atoms with Crippen LogP contribution in [0, 0.1) is 0 Å². The Labute approximate surface area is 266 Å². The highest BCUT2D eigenvalue weighted by atomic mass is 16.5. The van der Waals surface area contributed by atoms with Gasteiger partial charge in [0.1, 0.15) is 29.8 Å². The summed E-state index contributed by atoms with van der Waals surface area (Å²) >= 11 is 0. The first-order valence-corrected chi connectivity index (χ1v) is 14.5. The number of nitrogens with one attached hydrogen (secondary N) is 2. The quantitative estimate of drug-likeness (QED) is 0.209. The average molecular weight is 619 g/mol. The predicted molar refractivity (Wildman–Crippen MR) is 175 cm³/mol. The molecule has 0 unspecified atom stereocenters. The van der Waals surface area contributed by atoms with Gasteiger partial charge in [-0.25, -0.2) is 4.68 Å². The number of carbonyl (C=O) groups is 3. The average Bonchev–Trinajstić information content (AvgIpc) is 3.56. The lowest BCUT2D eigenvalue weighted by Gasteiger charge is -2.25. The summed E-state index contributed by atoms with van der Waals surface area (Å²) in [5.74, 6) is 0.410. The largest absolute Gasteiger partial charge is 0.497 e. The molecule has 0 saturated heterocycles. The van der Waals surface area contributed by atoms with E-state index in [9.17, 15) is 14.4 Å². The van der Waals surface area contributed by atoms with Gasteiger partial charge in [-0.15, -0.1) is 5.10 Å². The van der Waals surface area contributed by atoms with Crippen LogP contribution < -0.4 is 25.0 Å². The lowest BCUT2D eigenvalue weighted by atomic mass is 10.0. The Balaban J connectivity index is 1.25. The fraction of sp³-hybridized carbons (Fsp3) is 0.171. The van der Waals surface area contributed by atoms with Crippen molar-refractivity contribution < 1.29 is 23.9 Å². The number of likely N-dealkylation sites (N-methyl/N-ethyl adjacent to an activating group) is 1. The standard InChI is InChI=1S/C35H34N6O5/c1-40(28-14-18-30(46-3)19-15-28)35(44)31(20-24-8-5-4-6-9-24)37-33(42)23-41-22-32(38-39-41)26-10-7-11-27(21-26)36-34(43)25-12-16-29(45-2)17-13-25/h4-19,21-22,31H,20,23H2,1-3H3,(H,36,43)(H,37,42)/t31-/m0/s1. The summed E-state index contributed by atoms with van der Waals surface area (Å²) in [6, 6.07) is 29.8. The molecule has 0 aliphatic heterocycles. The molecule has 1 aromatic heterocycles. The summed E-state index contributed by atoms with van der Waals surface area (Å²) in [6.07, 6.45) is 1.95. The van der Waals surface area contributed by atoms with Crippen molar-refractivity contribution in [1.82, 2.24) is 20.3 Å². The third-order valence-corrected chi connectivity index (χ3v) is 7.32. The summed E-state index contributed by atoms with van der Waals surface area (Å²) in [6.45, 7) is -0.147. The molecule has 46 heavy (non-hydrogen) atoms. The Bertz CT molecular complexity index is 1790. The Hall–Kier alpha value is -5.97.